The second-order valence-corrected chi connectivity index (χ2v) is 6.26. The molecule has 1 heterocycles. The Kier molecular flexibility index (Phi) is 3.32. The number of ether oxygens (including phenoxy) is 2. The van der Waals surface area contributed by atoms with E-state index < -0.39 is 5.82 Å². The lowest BCUT2D eigenvalue weighted by Crippen LogP contribution is -2.36. The number of benzene rings is 1. The van der Waals surface area contributed by atoms with E-state index in [-0.39, 0.29) is 22.3 Å². The highest BCUT2D eigenvalue weighted by molar-refractivity contribution is 6.30. The molecule has 1 saturated heterocycles. The van der Waals surface area contributed by atoms with Gasteiger partial charge < -0.3 is 9.47 Å². The normalized spacial score (nSPS) is 25.1. The van der Waals surface area contributed by atoms with Gasteiger partial charge in [-0.25, -0.2) is 4.39 Å². The maximum atomic E-state index is 13.4. The SMILES string of the molecule is CC1(C)CC(Oc2ccc(Cl)c(F)c2)C(C)(C)O1. The van der Waals surface area contributed by atoms with E-state index in [1.54, 1.807) is 6.07 Å². The van der Waals surface area contributed by atoms with Crippen molar-refractivity contribution in [2.75, 3.05) is 0 Å². The molecule has 0 amide bonds. The lowest BCUT2D eigenvalue weighted by molar-refractivity contribution is -0.0846. The first-order chi connectivity index (χ1) is 8.20. The predicted molar refractivity (Wildman–Crippen MR) is 69.7 cm³/mol. The van der Waals surface area contributed by atoms with Crippen molar-refractivity contribution in [3.8, 4) is 5.75 Å². The molecule has 1 aliphatic rings. The molecule has 0 N–H and O–H groups in total. The molecule has 1 aromatic rings. The van der Waals surface area contributed by atoms with Crippen LogP contribution in [0.15, 0.2) is 18.2 Å². The van der Waals surface area contributed by atoms with Gasteiger partial charge in [0.05, 0.1) is 10.6 Å². The van der Waals surface area contributed by atoms with Gasteiger partial charge in [0, 0.05) is 12.5 Å². The number of hydrogen-bond donors (Lipinski definition) is 0. The van der Waals surface area contributed by atoms with Crippen molar-refractivity contribution in [2.24, 2.45) is 0 Å². The van der Waals surface area contributed by atoms with Gasteiger partial charge in [0.2, 0.25) is 0 Å². The highest BCUT2D eigenvalue weighted by Gasteiger charge is 2.47. The number of rotatable bonds is 2. The molecule has 1 unspecified atom stereocenters. The molecule has 2 rings (SSSR count). The topological polar surface area (TPSA) is 18.5 Å². The smallest absolute Gasteiger partial charge is 0.145 e. The fourth-order valence-electron chi connectivity index (χ4n) is 2.41. The van der Waals surface area contributed by atoms with Gasteiger partial charge in [0.1, 0.15) is 23.3 Å². The zero-order valence-electron chi connectivity index (χ0n) is 11.1. The lowest BCUT2D eigenvalue weighted by atomic mass is 9.97. The molecule has 0 radical (unpaired) electrons. The molecule has 0 bridgehead atoms. The average molecular weight is 273 g/mol. The van der Waals surface area contributed by atoms with Gasteiger partial charge in [-0.15, -0.1) is 0 Å². The number of hydrogen-bond acceptors (Lipinski definition) is 2. The summed E-state index contributed by atoms with van der Waals surface area (Å²) in [5.41, 5.74) is -0.612. The van der Waals surface area contributed by atoms with Crippen molar-refractivity contribution in [1.82, 2.24) is 0 Å². The molecular formula is C14H18ClFO2. The fraction of sp³-hybridized carbons (Fsp3) is 0.571. The maximum absolute atomic E-state index is 13.4. The van der Waals surface area contributed by atoms with Gasteiger partial charge in [-0.2, -0.15) is 0 Å². The van der Waals surface area contributed by atoms with Crippen LogP contribution in [-0.2, 0) is 4.74 Å². The first-order valence-corrected chi connectivity index (χ1v) is 6.39. The van der Waals surface area contributed by atoms with Crippen LogP contribution in [0, 0.1) is 5.82 Å². The summed E-state index contributed by atoms with van der Waals surface area (Å²) in [7, 11) is 0. The van der Waals surface area contributed by atoms with Crippen molar-refractivity contribution in [3.05, 3.63) is 29.0 Å². The first kappa shape index (κ1) is 13.6. The second-order valence-electron chi connectivity index (χ2n) is 5.85. The van der Waals surface area contributed by atoms with E-state index in [9.17, 15) is 4.39 Å². The van der Waals surface area contributed by atoms with E-state index >= 15 is 0 Å². The van der Waals surface area contributed by atoms with Crippen LogP contribution >= 0.6 is 11.6 Å². The third-order valence-electron chi connectivity index (χ3n) is 3.16. The minimum Gasteiger partial charge on any atom is -0.487 e. The van der Waals surface area contributed by atoms with Gasteiger partial charge in [-0.1, -0.05) is 11.6 Å². The van der Waals surface area contributed by atoms with E-state index in [1.165, 1.54) is 12.1 Å². The molecule has 1 aliphatic heterocycles. The third-order valence-corrected chi connectivity index (χ3v) is 3.47. The molecule has 0 saturated carbocycles. The summed E-state index contributed by atoms with van der Waals surface area (Å²) < 4.78 is 25.1. The summed E-state index contributed by atoms with van der Waals surface area (Å²) in [6.45, 7) is 8.03. The van der Waals surface area contributed by atoms with E-state index in [2.05, 4.69) is 0 Å². The van der Waals surface area contributed by atoms with Crippen LogP contribution in [0.1, 0.15) is 34.1 Å². The first-order valence-electron chi connectivity index (χ1n) is 6.01. The average Bonchev–Trinajstić information content (AvgIpc) is 2.40. The van der Waals surface area contributed by atoms with Crippen LogP contribution in [0.2, 0.25) is 5.02 Å². The summed E-state index contributed by atoms with van der Waals surface area (Å²) in [5.74, 6) is 0.0152. The van der Waals surface area contributed by atoms with Crippen LogP contribution < -0.4 is 4.74 Å². The summed E-state index contributed by atoms with van der Waals surface area (Å²) >= 11 is 5.64. The largest absolute Gasteiger partial charge is 0.487 e. The molecule has 1 fully saturated rings. The van der Waals surface area contributed by atoms with Crippen molar-refractivity contribution in [1.29, 1.82) is 0 Å². The van der Waals surface area contributed by atoms with Gasteiger partial charge in [0.25, 0.3) is 0 Å². The lowest BCUT2D eigenvalue weighted by Gasteiger charge is -2.27. The Hall–Kier alpha value is -0.800. The van der Waals surface area contributed by atoms with Crippen LogP contribution in [0.25, 0.3) is 0 Å². The predicted octanol–water partition coefficient (Wildman–Crippen LogP) is 4.20. The van der Waals surface area contributed by atoms with E-state index in [0.29, 0.717) is 5.75 Å². The Bertz CT molecular complexity index is 457. The van der Waals surface area contributed by atoms with Gasteiger partial charge in [-0.05, 0) is 39.8 Å². The van der Waals surface area contributed by atoms with Crippen molar-refractivity contribution >= 4 is 11.6 Å². The number of halogens is 2. The zero-order chi connectivity index (χ0) is 13.6. The van der Waals surface area contributed by atoms with Gasteiger partial charge >= 0.3 is 0 Å². The summed E-state index contributed by atoms with van der Waals surface area (Å²) in [4.78, 5) is 0. The fourth-order valence-corrected chi connectivity index (χ4v) is 2.53. The molecule has 1 aromatic carbocycles. The Morgan fingerprint density at radius 2 is 2.00 bits per heavy atom. The molecule has 100 valence electrons. The minimum absolute atomic E-state index is 0.101. The molecular weight excluding hydrogens is 255 g/mol. The highest BCUT2D eigenvalue weighted by Crippen LogP contribution is 2.39. The van der Waals surface area contributed by atoms with Gasteiger partial charge in [0.15, 0.2) is 0 Å². The molecule has 4 heteroatoms. The standard InChI is InChI=1S/C14H18ClFO2/c1-13(2)8-12(14(3,4)18-13)17-9-5-6-10(15)11(16)7-9/h5-7,12H,8H2,1-4H3. The highest BCUT2D eigenvalue weighted by atomic mass is 35.5. The molecule has 18 heavy (non-hydrogen) atoms. The van der Waals surface area contributed by atoms with Crippen molar-refractivity contribution in [2.45, 2.75) is 51.4 Å². The molecule has 1 atom stereocenters. The van der Waals surface area contributed by atoms with Crippen molar-refractivity contribution < 1.29 is 13.9 Å². The Morgan fingerprint density at radius 1 is 1.33 bits per heavy atom. The summed E-state index contributed by atoms with van der Waals surface area (Å²) in [5, 5.41) is 0.101. The van der Waals surface area contributed by atoms with E-state index in [1.807, 2.05) is 27.7 Å². The Morgan fingerprint density at radius 3 is 2.50 bits per heavy atom. The molecule has 0 aliphatic carbocycles. The van der Waals surface area contributed by atoms with Gasteiger partial charge in [-0.3, -0.25) is 0 Å². The maximum Gasteiger partial charge on any atom is 0.145 e. The van der Waals surface area contributed by atoms with Crippen LogP contribution in [-0.4, -0.2) is 17.3 Å². The van der Waals surface area contributed by atoms with Crippen molar-refractivity contribution in [3.63, 3.8) is 0 Å². The van der Waals surface area contributed by atoms with Crippen LogP contribution in [0.4, 0.5) is 4.39 Å². The van der Waals surface area contributed by atoms with E-state index in [0.717, 1.165) is 6.42 Å². The monoisotopic (exact) mass is 272 g/mol. The molecule has 2 nitrogen and oxygen atoms in total. The minimum atomic E-state index is -0.467. The van der Waals surface area contributed by atoms with E-state index in [4.69, 9.17) is 21.1 Å². The quantitative estimate of drug-likeness (QED) is 0.803. The Balaban J connectivity index is 2.16. The van der Waals surface area contributed by atoms with Crippen LogP contribution in [0.5, 0.6) is 5.75 Å². The van der Waals surface area contributed by atoms with Crippen LogP contribution in [0.3, 0.4) is 0 Å². The second kappa shape index (κ2) is 4.39. The zero-order valence-corrected chi connectivity index (χ0v) is 11.8. The summed E-state index contributed by atoms with van der Waals surface area (Å²) in [6.07, 6.45) is 0.664. The third kappa shape index (κ3) is 2.78. The molecule has 0 aromatic heterocycles. The summed E-state index contributed by atoms with van der Waals surface area (Å²) in [6, 6.07) is 4.48. The Labute approximate surface area is 112 Å². The molecule has 0 spiro atoms.